The van der Waals surface area contributed by atoms with Gasteiger partial charge in [0, 0.05) is 6.04 Å². The average molecular weight is 277 g/mol. The van der Waals surface area contributed by atoms with Gasteiger partial charge in [-0.25, -0.2) is 0 Å². The van der Waals surface area contributed by atoms with Crippen LogP contribution in [0.1, 0.15) is 35.5 Å². The maximum Gasteiger partial charge on any atom is 0.131 e. The molecule has 0 aliphatic heterocycles. The molecule has 1 heterocycles. The molecule has 2 aromatic rings. The molecule has 0 saturated carbocycles. The molecule has 102 valence electrons. The van der Waals surface area contributed by atoms with Crippen molar-refractivity contribution in [1.29, 1.82) is 0 Å². The number of ether oxygens (including phenoxy) is 1. The molecule has 1 N–H and O–H groups in total. The quantitative estimate of drug-likeness (QED) is 0.881. The summed E-state index contributed by atoms with van der Waals surface area (Å²) in [6.07, 6.45) is 0. The van der Waals surface area contributed by atoms with E-state index in [0.717, 1.165) is 22.3 Å². The Morgan fingerprint density at radius 1 is 1.37 bits per heavy atom. The second-order valence-electron chi connectivity index (χ2n) is 4.32. The van der Waals surface area contributed by atoms with Crippen molar-refractivity contribution in [3.05, 3.63) is 39.8 Å². The van der Waals surface area contributed by atoms with E-state index in [0.29, 0.717) is 6.61 Å². The number of aromatic nitrogens is 2. The molecular weight excluding hydrogens is 258 g/mol. The lowest BCUT2D eigenvalue weighted by Crippen LogP contribution is -2.18. The zero-order valence-electron chi connectivity index (χ0n) is 11.5. The van der Waals surface area contributed by atoms with Crippen LogP contribution in [0.2, 0.25) is 0 Å². The molecule has 0 fully saturated rings. The van der Waals surface area contributed by atoms with Crippen LogP contribution in [0, 0.1) is 6.92 Å². The van der Waals surface area contributed by atoms with Gasteiger partial charge in [-0.2, -0.15) is 0 Å². The van der Waals surface area contributed by atoms with Crippen molar-refractivity contribution in [2.45, 2.75) is 33.4 Å². The number of aryl methyl sites for hydroxylation is 1. The van der Waals surface area contributed by atoms with E-state index in [2.05, 4.69) is 34.6 Å². The first-order valence-corrected chi connectivity index (χ1v) is 7.26. The normalized spacial score (nSPS) is 12.4. The van der Waals surface area contributed by atoms with Crippen LogP contribution < -0.4 is 10.1 Å². The van der Waals surface area contributed by atoms with E-state index in [1.54, 1.807) is 11.3 Å². The molecule has 0 bridgehead atoms. The summed E-state index contributed by atoms with van der Waals surface area (Å²) in [5.74, 6) is 0.917. The number of benzene rings is 1. The minimum Gasteiger partial charge on any atom is -0.494 e. The van der Waals surface area contributed by atoms with E-state index >= 15 is 0 Å². The van der Waals surface area contributed by atoms with E-state index in [9.17, 15) is 0 Å². The number of nitrogens with one attached hydrogen (secondary N) is 1. The molecule has 2 rings (SSSR count). The highest BCUT2D eigenvalue weighted by Gasteiger charge is 2.07. The Labute approximate surface area is 117 Å². The van der Waals surface area contributed by atoms with Crippen molar-refractivity contribution in [2.24, 2.45) is 0 Å². The van der Waals surface area contributed by atoms with Crippen LogP contribution in [-0.4, -0.2) is 16.8 Å². The van der Waals surface area contributed by atoms with Gasteiger partial charge in [0.2, 0.25) is 0 Å². The van der Waals surface area contributed by atoms with Gasteiger partial charge in [-0.1, -0.05) is 12.1 Å². The molecule has 0 spiro atoms. The summed E-state index contributed by atoms with van der Waals surface area (Å²) in [6, 6.07) is 8.43. The fourth-order valence-electron chi connectivity index (χ4n) is 1.81. The van der Waals surface area contributed by atoms with Crippen molar-refractivity contribution in [3.63, 3.8) is 0 Å². The summed E-state index contributed by atoms with van der Waals surface area (Å²) in [4.78, 5) is 0. The Bertz CT molecular complexity index is 527. The predicted molar refractivity (Wildman–Crippen MR) is 77.5 cm³/mol. The molecule has 0 amide bonds. The van der Waals surface area contributed by atoms with Gasteiger partial charge in [-0.15, -0.1) is 21.5 Å². The molecule has 0 unspecified atom stereocenters. The van der Waals surface area contributed by atoms with E-state index in [1.807, 2.05) is 26.0 Å². The Hall–Kier alpha value is -1.46. The zero-order valence-corrected chi connectivity index (χ0v) is 12.3. The molecule has 5 heteroatoms. The zero-order chi connectivity index (χ0) is 13.7. The predicted octanol–water partition coefficient (Wildman–Crippen LogP) is 3.10. The Kier molecular flexibility index (Phi) is 4.87. The highest BCUT2D eigenvalue weighted by atomic mass is 32.1. The van der Waals surface area contributed by atoms with Crippen molar-refractivity contribution in [2.75, 3.05) is 6.61 Å². The molecule has 4 nitrogen and oxygen atoms in total. The van der Waals surface area contributed by atoms with Crippen LogP contribution in [0.15, 0.2) is 24.3 Å². The second-order valence-corrected chi connectivity index (χ2v) is 5.59. The highest BCUT2D eigenvalue weighted by Crippen LogP contribution is 2.19. The first-order chi connectivity index (χ1) is 9.19. The SMILES string of the molecule is CCOc1cccc([C@@H](C)NCc2nnc(C)s2)c1. The van der Waals surface area contributed by atoms with Gasteiger partial charge < -0.3 is 10.1 Å². The van der Waals surface area contributed by atoms with Gasteiger partial charge in [0.25, 0.3) is 0 Å². The molecule has 1 aromatic heterocycles. The summed E-state index contributed by atoms with van der Waals surface area (Å²) < 4.78 is 5.51. The lowest BCUT2D eigenvalue weighted by Gasteiger charge is -2.14. The van der Waals surface area contributed by atoms with Crippen molar-refractivity contribution < 1.29 is 4.74 Å². The summed E-state index contributed by atoms with van der Waals surface area (Å²) in [5.41, 5.74) is 1.21. The molecule has 1 aromatic carbocycles. The van der Waals surface area contributed by atoms with Crippen molar-refractivity contribution >= 4 is 11.3 Å². The minimum atomic E-state index is 0.254. The average Bonchev–Trinajstić information content (AvgIpc) is 2.82. The monoisotopic (exact) mass is 277 g/mol. The standard InChI is InChI=1S/C14H19N3OS/c1-4-18-13-7-5-6-12(8-13)10(2)15-9-14-17-16-11(3)19-14/h5-8,10,15H,4,9H2,1-3H3/t10-/m1/s1. The smallest absolute Gasteiger partial charge is 0.131 e. The lowest BCUT2D eigenvalue weighted by molar-refractivity contribution is 0.339. The maximum absolute atomic E-state index is 5.51. The van der Waals surface area contributed by atoms with Crippen molar-refractivity contribution in [1.82, 2.24) is 15.5 Å². The van der Waals surface area contributed by atoms with Gasteiger partial charge >= 0.3 is 0 Å². The van der Waals surface area contributed by atoms with Gasteiger partial charge in [0.15, 0.2) is 0 Å². The van der Waals surface area contributed by atoms with Gasteiger partial charge in [0.05, 0.1) is 13.2 Å². The summed E-state index contributed by atoms with van der Waals surface area (Å²) in [5, 5.41) is 13.6. The van der Waals surface area contributed by atoms with Crippen LogP contribution >= 0.6 is 11.3 Å². The van der Waals surface area contributed by atoms with Crippen molar-refractivity contribution in [3.8, 4) is 5.75 Å². The minimum absolute atomic E-state index is 0.254. The molecule has 0 saturated heterocycles. The number of nitrogens with zero attached hydrogens (tertiary/aromatic N) is 2. The fraction of sp³-hybridized carbons (Fsp3) is 0.429. The number of hydrogen-bond acceptors (Lipinski definition) is 5. The van der Waals surface area contributed by atoms with Gasteiger partial charge in [-0.05, 0) is 38.5 Å². The third-order valence-corrected chi connectivity index (χ3v) is 3.64. The number of hydrogen-bond donors (Lipinski definition) is 1. The fourth-order valence-corrected chi connectivity index (χ4v) is 2.47. The Morgan fingerprint density at radius 3 is 2.89 bits per heavy atom. The maximum atomic E-state index is 5.51. The van der Waals surface area contributed by atoms with E-state index in [-0.39, 0.29) is 6.04 Å². The van der Waals surface area contributed by atoms with E-state index in [1.165, 1.54) is 5.56 Å². The highest BCUT2D eigenvalue weighted by molar-refractivity contribution is 7.11. The third-order valence-electron chi connectivity index (χ3n) is 2.80. The first kappa shape index (κ1) is 14.0. The van der Waals surface area contributed by atoms with Crippen LogP contribution in [0.3, 0.4) is 0 Å². The summed E-state index contributed by atoms with van der Waals surface area (Å²) in [7, 11) is 0. The topological polar surface area (TPSA) is 47.0 Å². The molecule has 0 aliphatic rings. The van der Waals surface area contributed by atoms with Gasteiger partial charge in [0.1, 0.15) is 15.8 Å². The Morgan fingerprint density at radius 2 is 2.21 bits per heavy atom. The first-order valence-electron chi connectivity index (χ1n) is 6.44. The van der Waals surface area contributed by atoms with Crippen LogP contribution in [-0.2, 0) is 6.54 Å². The molecule has 0 radical (unpaired) electrons. The summed E-state index contributed by atoms with van der Waals surface area (Å²) >= 11 is 1.63. The van der Waals surface area contributed by atoms with Crippen LogP contribution in [0.5, 0.6) is 5.75 Å². The van der Waals surface area contributed by atoms with E-state index < -0.39 is 0 Å². The van der Waals surface area contributed by atoms with Crippen LogP contribution in [0.25, 0.3) is 0 Å². The molecular formula is C14H19N3OS. The van der Waals surface area contributed by atoms with Gasteiger partial charge in [-0.3, -0.25) is 0 Å². The molecule has 1 atom stereocenters. The molecule has 0 aliphatic carbocycles. The molecule has 19 heavy (non-hydrogen) atoms. The Balaban J connectivity index is 1.95. The third kappa shape index (κ3) is 4.01. The summed E-state index contributed by atoms with van der Waals surface area (Å²) in [6.45, 7) is 7.53. The number of rotatable bonds is 6. The largest absolute Gasteiger partial charge is 0.494 e. The van der Waals surface area contributed by atoms with E-state index in [4.69, 9.17) is 4.74 Å². The lowest BCUT2D eigenvalue weighted by atomic mass is 10.1. The van der Waals surface area contributed by atoms with Crippen LogP contribution in [0.4, 0.5) is 0 Å². The second kappa shape index (κ2) is 6.63.